The van der Waals surface area contributed by atoms with Crippen LogP contribution in [-0.2, 0) is 9.63 Å². The van der Waals surface area contributed by atoms with E-state index in [2.05, 4.69) is 6.92 Å². The Morgan fingerprint density at radius 3 is 2.64 bits per heavy atom. The molecule has 0 aromatic heterocycles. The van der Waals surface area contributed by atoms with Crippen LogP contribution in [0.2, 0.25) is 0 Å². The molecule has 1 heterocycles. The maximum absolute atomic E-state index is 9.96. The van der Waals surface area contributed by atoms with E-state index < -0.39 is 0 Å². The molecule has 0 N–H and O–H groups in total. The molecule has 0 aliphatic carbocycles. The molecule has 0 unspecified atom stereocenters. The van der Waals surface area contributed by atoms with Gasteiger partial charge in [-0.05, 0) is 18.8 Å². The van der Waals surface area contributed by atoms with Gasteiger partial charge in [-0.2, -0.15) is 0 Å². The third kappa shape index (κ3) is 2.50. The highest BCUT2D eigenvalue weighted by Crippen LogP contribution is 2.19. The molecule has 0 amide bonds. The van der Waals surface area contributed by atoms with Crippen LogP contribution in [0.1, 0.15) is 26.2 Å². The van der Waals surface area contributed by atoms with Gasteiger partial charge in [0, 0.05) is 13.1 Å². The van der Waals surface area contributed by atoms with Crippen molar-refractivity contribution in [1.29, 1.82) is 0 Å². The highest BCUT2D eigenvalue weighted by molar-refractivity contribution is 5.36. The lowest BCUT2D eigenvalue weighted by Gasteiger charge is -2.28. The molecule has 3 heteroatoms. The lowest BCUT2D eigenvalue weighted by Crippen LogP contribution is -2.33. The van der Waals surface area contributed by atoms with Crippen LogP contribution in [0.15, 0.2) is 0 Å². The van der Waals surface area contributed by atoms with E-state index in [9.17, 15) is 4.79 Å². The molecular weight excluding hydrogens is 142 g/mol. The van der Waals surface area contributed by atoms with Gasteiger partial charge in [0.15, 0.2) is 0 Å². The Kier molecular flexibility index (Phi) is 3.36. The minimum Gasteiger partial charge on any atom is -0.371 e. The Bertz CT molecular complexity index is 119. The van der Waals surface area contributed by atoms with Gasteiger partial charge < -0.3 is 4.84 Å². The summed E-state index contributed by atoms with van der Waals surface area (Å²) in [4.78, 5) is 14.7. The second kappa shape index (κ2) is 4.34. The van der Waals surface area contributed by atoms with E-state index in [1.54, 1.807) is 5.06 Å². The Morgan fingerprint density at radius 2 is 2.18 bits per heavy atom. The van der Waals surface area contributed by atoms with Gasteiger partial charge in [0.2, 0.25) is 0 Å². The van der Waals surface area contributed by atoms with Crippen molar-refractivity contribution >= 4 is 6.47 Å². The fraction of sp³-hybridized carbons (Fsp3) is 0.875. The predicted octanol–water partition coefficient (Wildman–Crippen LogP) is 1.20. The van der Waals surface area contributed by atoms with E-state index in [4.69, 9.17) is 4.84 Å². The molecule has 64 valence electrons. The maximum Gasteiger partial charge on any atom is 0.312 e. The zero-order chi connectivity index (χ0) is 8.10. The number of hydrogen-bond donors (Lipinski definition) is 0. The predicted molar refractivity (Wildman–Crippen MR) is 41.7 cm³/mol. The highest BCUT2D eigenvalue weighted by Gasteiger charge is 2.17. The van der Waals surface area contributed by atoms with Crippen LogP contribution in [0.3, 0.4) is 0 Å². The molecule has 3 nitrogen and oxygen atoms in total. The van der Waals surface area contributed by atoms with Crippen molar-refractivity contribution in [3.8, 4) is 0 Å². The van der Waals surface area contributed by atoms with Crippen molar-refractivity contribution in [2.75, 3.05) is 13.1 Å². The van der Waals surface area contributed by atoms with Gasteiger partial charge >= 0.3 is 6.47 Å². The number of nitrogens with zero attached hydrogens (tertiary/aromatic N) is 1. The summed E-state index contributed by atoms with van der Waals surface area (Å²) in [7, 11) is 0. The highest BCUT2D eigenvalue weighted by atomic mass is 16.7. The summed E-state index contributed by atoms with van der Waals surface area (Å²) in [6.45, 7) is 4.52. The molecule has 1 fully saturated rings. The van der Waals surface area contributed by atoms with E-state index in [0.717, 1.165) is 31.8 Å². The number of rotatable bonds is 3. The fourth-order valence-corrected chi connectivity index (χ4v) is 1.48. The van der Waals surface area contributed by atoms with E-state index in [1.165, 1.54) is 6.42 Å². The van der Waals surface area contributed by atoms with Crippen LogP contribution in [0, 0.1) is 5.92 Å². The molecule has 1 rings (SSSR count). The van der Waals surface area contributed by atoms with Crippen LogP contribution >= 0.6 is 0 Å². The van der Waals surface area contributed by atoms with E-state index in [1.807, 2.05) is 0 Å². The molecule has 1 saturated heterocycles. The summed E-state index contributed by atoms with van der Waals surface area (Å²) in [5.41, 5.74) is 0. The van der Waals surface area contributed by atoms with Crippen molar-refractivity contribution in [1.82, 2.24) is 5.06 Å². The average Bonchev–Trinajstić information content (AvgIpc) is 2.07. The number of piperidine rings is 1. The topological polar surface area (TPSA) is 29.5 Å². The molecule has 0 radical (unpaired) electrons. The summed E-state index contributed by atoms with van der Waals surface area (Å²) in [5.74, 6) is 0.835. The van der Waals surface area contributed by atoms with Crippen LogP contribution in [0.5, 0.6) is 0 Å². The third-order valence-corrected chi connectivity index (χ3v) is 2.34. The lowest BCUT2D eigenvalue weighted by molar-refractivity contribution is -0.180. The second-order valence-electron chi connectivity index (χ2n) is 2.98. The monoisotopic (exact) mass is 157 g/mol. The summed E-state index contributed by atoms with van der Waals surface area (Å²) in [6.07, 6.45) is 3.56. The van der Waals surface area contributed by atoms with E-state index in [-0.39, 0.29) is 0 Å². The van der Waals surface area contributed by atoms with Crippen molar-refractivity contribution in [3.63, 3.8) is 0 Å². The van der Waals surface area contributed by atoms with Gasteiger partial charge in [-0.25, -0.2) is 0 Å². The normalized spacial score (nSPS) is 21.5. The zero-order valence-electron chi connectivity index (χ0n) is 6.95. The smallest absolute Gasteiger partial charge is 0.312 e. The standard InChI is InChI=1S/C8H15NO2/c1-2-8-3-5-9(6-4-8)11-7-10/h7-8H,2-6H2,1H3. The number of carbonyl (C=O) groups excluding carboxylic acids is 1. The van der Waals surface area contributed by atoms with Crippen LogP contribution < -0.4 is 0 Å². The first-order chi connectivity index (χ1) is 5.36. The average molecular weight is 157 g/mol. The van der Waals surface area contributed by atoms with E-state index >= 15 is 0 Å². The van der Waals surface area contributed by atoms with Gasteiger partial charge in [-0.1, -0.05) is 13.3 Å². The van der Waals surface area contributed by atoms with Crippen molar-refractivity contribution in [2.45, 2.75) is 26.2 Å². The molecular formula is C8H15NO2. The summed E-state index contributed by atoms with van der Waals surface area (Å²) >= 11 is 0. The summed E-state index contributed by atoms with van der Waals surface area (Å²) in [5, 5.41) is 1.74. The molecule has 1 aliphatic heterocycles. The largest absolute Gasteiger partial charge is 0.371 e. The van der Waals surface area contributed by atoms with Gasteiger partial charge in [0.1, 0.15) is 0 Å². The van der Waals surface area contributed by atoms with Crippen molar-refractivity contribution in [3.05, 3.63) is 0 Å². The number of hydroxylamine groups is 2. The fourth-order valence-electron chi connectivity index (χ4n) is 1.48. The Labute approximate surface area is 67.3 Å². The minimum absolute atomic E-state index is 0.506. The molecule has 0 saturated carbocycles. The van der Waals surface area contributed by atoms with Gasteiger partial charge in [0.05, 0.1) is 0 Å². The van der Waals surface area contributed by atoms with E-state index in [0.29, 0.717) is 6.47 Å². The lowest BCUT2D eigenvalue weighted by atomic mass is 9.96. The summed E-state index contributed by atoms with van der Waals surface area (Å²) in [6, 6.07) is 0. The first-order valence-electron chi connectivity index (χ1n) is 4.22. The quantitative estimate of drug-likeness (QED) is 0.576. The molecule has 0 aromatic carbocycles. The molecule has 0 atom stereocenters. The van der Waals surface area contributed by atoms with Crippen LogP contribution in [0.25, 0.3) is 0 Å². The van der Waals surface area contributed by atoms with Crippen LogP contribution in [-0.4, -0.2) is 24.6 Å². The Balaban J connectivity index is 2.18. The first-order valence-corrected chi connectivity index (χ1v) is 4.22. The molecule has 11 heavy (non-hydrogen) atoms. The SMILES string of the molecule is CCC1CCN(OC=O)CC1. The van der Waals surface area contributed by atoms with Crippen molar-refractivity contribution in [2.24, 2.45) is 5.92 Å². The minimum atomic E-state index is 0.506. The molecule has 0 bridgehead atoms. The first kappa shape index (κ1) is 8.53. The molecule has 1 aliphatic rings. The Morgan fingerprint density at radius 1 is 1.55 bits per heavy atom. The third-order valence-electron chi connectivity index (χ3n) is 2.34. The zero-order valence-corrected chi connectivity index (χ0v) is 6.95. The number of hydrogen-bond acceptors (Lipinski definition) is 3. The Hall–Kier alpha value is -0.570. The second-order valence-corrected chi connectivity index (χ2v) is 2.98. The molecule has 0 aromatic rings. The van der Waals surface area contributed by atoms with Gasteiger partial charge in [-0.15, -0.1) is 5.06 Å². The number of carbonyl (C=O) groups is 1. The molecule has 0 spiro atoms. The van der Waals surface area contributed by atoms with Gasteiger partial charge in [-0.3, -0.25) is 4.79 Å². The van der Waals surface area contributed by atoms with Gasteiger partial charge in [0.25, 0.3) is 0 Å². The van der Waals surface area contributed by atoms with Crippen LogP contribution in [0.4, 0.5) is 0 Å². The summed E-state index contributed by atoms with van der Waals surface area (Å²) < 4.78 is 0. The van der Waals surface area contributed by atoms with Crippen molar-refractivity contribution < 1.29 is 9.63 Å². The maximum atomic E-state index is 9.96.